The van der Waals surface area contributed by atoms with Crippen LogP contribution in [0.2, 0.25) is 0 Å². The predicted molar refractivity (Wildman–Crippen MR) is 532 cm³/mol. The number of para-hydroxylation sites is 2. The van der Waals surface area contributed by atoms with E-state index in [1.54, 1.807) is 0 Å². The van der Waals surface area contributed by atoms with Crippen molar-refractivity contribution >= 4 is 101 Å². The van der Waals surface area contributed by atoms with Crippen LogP contribution in [-0.4, -0.2) is 15.8 Å². The van der Waals surface area contributed by atoms with Crippen molar-refractivity contribution in [2.75, 3.05) is 9.80 Å². The summed E-state index contributed by atoms with van der Waals surface area (Å²) in [5.41, 5.74) is 35.9. The third-order valence-electron chi connectivity index (χ3n) is 26.2. The number of aromatic nitrogens is 2. The number of hydrogen-bond acceptors (Lipinski definition) is 2. The molecule has 4 nitrogen and oxygen atoms in total. The van der Waals surface area contributed by atoms with Crippen molar-refractivity contribution in [1.29, 1.82) is 0 Å². The summed E-state index contributed by atoms with van der Waals surface area (Å²) in [7, 11) is 0. The van der Waals surface area contributed by atoms with E-state index in [1.807, 2.05) is 0 Å². The first-order valence-corrected chi connectivity index (χ1v) is 43.8. The minimum absolute atomic E-state index is 0.111. The third kappa shape index (κ3) is 13.4. The third-order valence-corrected chi connectivity index (χ3v) is 26.2. The van der Waals surface area contributed by atoms with Crippen molar-refractivity contribution < 1.29 is 4.11 Å². The molecule has 2 aliphatic rings. The van der Waals surface area contributed by atoms with E-state index in [9.17, 15) is 4.11 Å². The summed E-state index contributed by atoms with van der Waals surface area (Å²) in [6, 6.07) is 139. The molecule has 0 spiro atoms. The minimum Gasteiger partial charge on any atom is -0.310 e. The fourth-order valence-electron chi connectivity index (χ4n) is 19.6. The fraction of sp³-hybridized carbons (Fsp3) is 0.143. The average Bonchev–Trinajstić information content (AvgIpc) is 0.846. The van der Waals surface area contributed by atoms with Gasteiger partial charge in [0.1, 0.15) is 0 Å². The normalized spacial score (nSPS) is 13.3. The van der Waals surface area contributed by atoms with Gasteiger partial charge in [-0.3, -0.25) is 0 Å². The summed E-state index contributed by atoms with van der Waals surface area (Å²) >= 11 is 0. The molecule has 2 aromatic heterocycles. The van der Waals surface area contributed by atoms with Crippen molar-refractivity contribution in [1.82, 2.24) is 9.13 Å². The summed E-state index contributed by atoms with van der Waals surface area (Å²) in [6.07, 6.45) is 0. The lowest BCUT2D eigenvalue weighted by atomic mass is 9.33. The van der Waals surface area contributed by atoms with E-state index in [0.29, 0.717) is 0 Å². The molecule has 0 amide bonds. The van der Waals surface area contributed by atoms with Crippen LogP contribution in [0.3, 0.4) is 0 Å². The van der Waals surface area contributed by atoms with Crippen LogP contribution in [0.15, 0.2) is 376 Å². The maximum Gasteiger partial charge on any atom is 0.252 e. The standard InChI is InChI=1S/C119H101BN4/c1-76-62-111-113-112(63-76)124(115-98(80-40-24-17-25-41-80)71-92(119(11,12)13)73-100(115)88-49-33-47-86(67-88)84-45-31-43-82(65-84)78-36-20-15-21-37-78)110-75-94(122-106-53-29-27-51-96(106)102-69-90(117(5,6)7)55-61-108(102)122)57-59-104(110)120(113)103-58-56-93(121-105-52-28-26-50-95(105)101-68-89(116(2,3)4)54-60-107(101)121)74-109(103)123(111)114-97(79-38-22-16-23-39-79)70-91(118(8,9)10)72-99(114)87-48-32-46-85(66-87)83-44-30-42-81(64-83)77-34-18-14-19-35-77/h14-75H,1-13H3/i1D3. The van der Waals surface area contributed by atoms with Gasteiger partial charge in [0.15, 0.2) is 0 Å². The van der Waals surface area contributed by atoms with Gasteiger partial charge >= 0.3 is 0 Å². The summed E-state index contributed by atoms with van der Waals surface area (Å²) < 4.78 is 35.7. The van der Waals surface area contributed by atoms with Gasteiger partial charge in [0, 0.05) is 82.0 Å². The van der Waals surface area contributed by atoms with Crippen LogP contribution >= 0.6 is 0 Å². The number of fused-ring (bicyclic) bond motifs is 10. The first-order valence-electron chi connectivity index (χ1n) is 45.3. The van der Waals surface area contributed by atoms with E-state index in [1.165, 1.54) is 32.7 Å². The SMILES string of the molecule is [2H]C([2H])([2H])c1cc2c3c(c1)N(c1c(-c4ccccc4)cc(C(C)(C)C)cc1-c1cccc(-c4cccc(-c5ccccc5)c4)c1)c1cc(-n4c5ccccc5c5cc(C(C)(C)C)ccc54)ccc1B3c1ccc(-n3c4ccccc4c4cc(C(C)(C)C)ccc43)cc1N2c1c(-c2ccccc2)cc(C(C)(C)C)cc1-c1cccc(-c2cccc(-c3ccccc3)c2)c1. The van der Waals surface area contributed by atoms with Crippen LogP contribution in [0, 0.1) is 6.85 Å². The van der Waals surface area contributed by atoms with Gasteiger partial charge in [-0.15, -0.1) is 0 Å². The van der Waals surface area contributed by atoms with E-state index in [2.05, 4.69) is 478 Å². The Balaban J connectivity index is 0.923. The molecule has 600 valence electrons. The largest absolute Gasteiger partial charge is 0.310 e. The van der Waals surface area contributed by atoms with Gasteiger partial charge in [-0.05, 0) is 261 Å². The zero-order chi connectivity index (χ0) is 87.3. The molecule has 4 heterocycles. The predicted octanol–water partition coefficient (Wildman–Crippen LogP) is 30.8. The number of rotatable bonds is 12. The molecular formula is C119H101BN4. The fourth-order valence-corrected chi connectivity index (χ4v) is 19.6. The van der Waals surface area contributed by atoms with Gasteiger partial charge in [-0.2, -0.15) is 0 Å². The molecule has 0 bridgehead atoms. The van der Waals surface area contributed by atoms with Crippen molar-refractivity contribution in [2.24, 2.45) is 0 Å². The molecule has 124 heavy (non-hydrogen) atoms. The summed E-state index contributed by atoms with van der Waals surface area (Å²) in [5.74, 6) is 0. The van der Waals surface area contributed by atoms with Crippen molar-refractivity contribution in [3.63, 3.8) is 0 Å². The highest BCUT2D eigenvalue weighted by Gasteiger charge is 2.46. The van der Waals surface area contributed by atoms with Gasteiger partial charge in [0.2, 0.25) is 0 Å². The highest BCUT2D eigenvalue weighted by atomic mass is 15.2. The zero-order valence-corrected chi connectivity index (χ0v) is 72.7. The van der Waals surface area contributed by atoms with Crippen LogP contribution in [-0.2, 0) is 21.7 Å². The lowest BCUT2D eigenvalue weighted by molar-refractivity contribution is 0.590. The molecule has 0 saturated carbocycles. The van der Waals surface area contributed by atoms with Gasteiger partial charge in [0.25, 0.3) is 6.71 Å². The molecule has 21 rings (SSSR count). The molecule has 2 aliphatic heterocycles. The number of hydrogen-bond donors (Lipinski definition) is 0. The quantitative estimate of drug-likeness (QED) is 0.113. The highest BCUT2D eigenvalue weighted by Crippen LogP contribution is 2.56. The van der Waals surface area contributed by atoms with Gasteiger partial charge in [0.05, 0.1) is 33.4 Å². The van der Waals surface area contributed by atoms with E-state index in [-0.39, 0.29) is 27.2 Å². The first kappa shape index (κ1) is 73.9. The van der Waals surface area contributed by atoms with E-state index in [4.69, 9.17) is 0 Å². The Hall–Kier alpha value is -14.0. The average molecular weight is 1600 g/mol. The second-order valence-electron chi connectivity index (χ2n) is 38.3. The monoisotopic (exact) mass is 1600 g/mol. The van der Waals surface area contributed by atoms with E-state index < -0.39 is 13.6 Å². The molecule has 0 saturated heterocycles. The lowest BCUT2D eigenvalue weighted by Gasteiger charge is -2.46. The number of aryl methyl sites for hydroxylation is 1. The van der Waals surface area contributed by atoms with Crippen molar-refractivity contribution in [3.8, 4) is 100 Å². The second-order valence-corrected chi connectivity index (χ2v) is 38.3. The molecule has 5 heteroatoms. The Labute approximate surface area is 735 Å². The zero-order valence-electron chi connectivity index (χ0n) is 75.7. The summed E-state index contributed by atoms with van der Waals surface area (Å²) in [6.45, 7) is 24.5. The first-order chi connectivity index (χ1) is 61.1. The summed E-state index contributed by atoms with van der Waals surface area (Å²) in [5, 5.41) is 4.69. The highest BCUT2D eigenvalue weighted by molar-refractivity contribution is 7.00. The second kappa shape index (κ2) is 29.7. The van der Waals surface area contributed by atoms with Crippen LogP contribution < -0.4 is 26.2 Å². The minimum atomic E-state index is -2.65. The number of anilines is 6. The Bertz CT molecular complexity index is 7150. The van der Waals surface area contributed by atoms with Gasteiger partial charge in [-0.1, -0.05) is 338 Å². The maximum atomic E-state index is 10.3. The van der Waals surface area contributed by atoms with Crippen LogP contribution in [0.1, 0.15) is 115 Å². The Morgan fingerprint density at radius 2 is 0.524 bits per heavy atom. The van der Waals surface area contributed by atoms with Crippen molar-refractivity contribution in [2.45, 2.75) is 112 Å². The van der Waals surface area contributed by atoms with Gasteiger partial charge in [-0.25, -0.2) is 0 Å². The Morgan fingerprint density at radius 3 is 0.879 bits per heavy atom. The molecule has 19 aromatic rings. The Morgan fingerprint density at radius 1 is 0.226 bits per heavy atom. The number of nitrogens with zero attached hydrogens (tertiary/aromatic N) is 4. The smallest absolute Gasteiger partial charge is 0.252 e. The molecule has 0 atom stereocenters. The van der Waals surface area contributed by atoms with E-state index in [0.717, 1.165) is 184 Å². The number of benzene rings is 17. The Kier molecular flexibility index (Phi) is 17.7. The molecule has 0 N–H and O–H groups in total. The van der Waals surface area contributed by atoms with Crippen LogP contribution in [0.25, 0.3) is 144 Å². The van der Waals surface area contributed by atoms with Crippen molar-refractivity contribution in [3.05, 3.63) is 404 Å². The summed E-state index contributed by atoms with van der Waals surface area (Å²) in [4.78, 5) is 5.05. The van der Waals surface area contributed by atoms with Crippen LogP contribution in [0.5, 0.6) is 0 Å². The molecular weight excluding hydrogens is 1500 g/mol. The maximum absolute atomic E-state index is 10.3. The molecule has 0 radical (unpaired) electrons. The lowest BCUT2D eigenvalue weighted by Crippen LogP contribution is -2.61. The van der Waals surface area contributed by atoms with Crippen LogP contribution in [0.4, 0.5) is 34.1 Å². The molecule has 0 fully saturated rings. The molecule has 17 aromatic carbocycles. The van der Waals surface area contributed by atoms with E-state index >= 15 is 0 Å². The van der Waals surface area contributed by atoms with Gasteiger partial charge < -0.3 is 18.9 Å². The topological polar surface area (TPSA) is 16.3 Å². The molecule has 0 aliphatic carbocycles. The molecule has 0 unspecified atom stereocenters.